The maximum atomic E-state index is 12.8. The quantitative estimate of drug-likeness (QED) is 0.843. The van der Waals surface area contributed by atoms with Crippen LogP contribution in [-0.4, -0.2) is 34.0 Å². The van der Waals surface area contributed by atoms with Gasteiger partial charge in [0.15, 0.2) is 0 Å². The van der Waals surface area contributed by atoms with Crippen LogP contribution < -0.4 is 5.32 Å². The largest absolute Gasteiger partial charge is 0.319 e. The van der Waals surface area contributed by atoms with Crippen LogP contribution in [0.5, 0.6) is 0 Å². The second kappa shape index (κ2) is 6.12. The average molecular weight is 259 g/mol. The van der Waals surface area contributed by atoms with Gasteiger partial charge in [-0.3, -0.25) is 0 Å². The van der Waals surface area contributed by atoms with E-state index in [1.165, 1.54) is 18.4 Å². The SMILES string of the molecule is CNCC(CCS(C)(=O)=O)c1ccc(F)cc1. The Balaban J connectivity index is 2.75. The van der Waals surface area contributed by atoms with E-state index >= 15 is 0 Å². The fraction of sp³-hybridized carbons (Fsp3) is 0.500. The fourth-order valence-electron chi connectivity index (χ4n) is 1.72. The normalized spacial score (nSPS) is 13.6. The lowest BCUT2D eigenvalue weighted by atomic mass is 9.96. The van der Waals surface area contributed by atoms with Crippen molar-refractivity contribution in [1.29, 1.82) is 0 Å². The van der Waals surface area contributed by atoms with Gasteiger partial charge < -0.3 is 5.32 Å². The third-order valence-corrected chi connectivity index (χ3v) is 3.61. The van der Waals surface area contributed by atoms with Crippen LogP contribution in [0.2, 0.25) is 0 Å². The second-order valence-electron chi connectivity index (χ2n) is 4.22. The maximum Gasteiger partial charge on any atom is 0.147 e. The predicted molar refractivity (Wildman–Crippen MR) is 67.4 cm³/mol. The molecule has 0 saturated carbocycles. The molecule has 0 amide bonds. The Kier molecular flexibility index (Phi) is 5.08. The minimum atomic E-state index is -2.96. The molecular formula is C12H18FNO2S. The van der Waals surface area contributed by atoms with Gasteiger partial charge in [-0.2, -0.15) is 0 Å². The average Bonchev–Trinajstić information content (AvgIpc) is 2.24. The monoisotopic (exact) mass is 259 g/mol. The lowest BCUT2D eigenvalue weighted by Gasteiger charge is -2.16. The molecule has 1 aromatic carbocycles. The highest BCUT2D eigenvalue weighted by atomic mass is 32.2. The highest BCUT2D eigenvalue weighted by molar-refractivity contribution is 7.90. The van der Waals surface area contributed by atoms with Crippen molar-refractivity contribution in [2.75, 3.05) is 25.6 Å². The van der Waals surface area contributed by atoms with E-state index < -0.39 is 9.84 Å². The van der Waals surface area contributed by atoms with Gasteiger partial charge in [0.2, 0.25) is 0 Å². The third kappa shape index (κ3) is 5.28. The Bertz CT molecular complexity index is 442. The predicted octanol–water partition coefficient (Wildman–Crippen LogP) is 1.56. The van der Waals surface area contributed by atoms with Gasteiger partial charge in [-0.15, -0.1) is 0 Å². The molecule has 0 fully saturated rings. The summed E-state index contributed by atoms with van der Waals surface area (Å²) in [6, 6.07) is 6.22. The molecule has 0 spiro atoms. The summed E-state index contributed by atoms with van der Waals surface area (Å²) >= 11 is 0. The molecule has 1 rings (SSSR count). The fourth-order valence-corrected chi connectivity index (χ4v) is 2.44. The summed E-state index contributed by atoms with van der Waals surface area (Å²) in [5.74, 6) is -0.0353. The van der Waals surface area contributed by atoms with Crippen LogP contribution in [0.3, 0.4) is 0 Å². The van der Waals surface area contributed by atoms with Crippen molar-refractivity contribution in [3.63, 3.8) is 0 Å². The van der Waals surface area contributed by atoms with Crippen molar-refractivity contribution in [2.45, 2.75) is 12.3 Å². The van der Waals surface area contributed by atoms with Gasteiger partial charge in [-0.05, 0) is 37.1 Å². The molecule has 0 aliphatic carbocycles. The number of halogens is 1. The first-order chi connectivity index (χ1) is 7.92. The minimum Gasteiger partial charge on any atom is -0.319 e. The Morgan fingerprint density at radius 2 is 1.88 bits per heavy atom. The van der Waals surface area contributed by atoms with Crippen LogP contribution >= 0.6 is 0 Å². The van der Waals surface area contributed by atoms with Gasteiger partial charge in [0, 0.05) is 12.8 Å². The van der Waals surface area contributed by atoms with Gasteiger partial charge in [0.1, 0.15) is 15.7 Å². The summed E-state index contributed by atoms with van der Waals surface area (Å²) in [5, 5.41) is 3.03. The molecule has 0 aliphatic heterocycles. The standard InChI is InChI=1S/C12H18FNO2S/c1-14-9-11(7-8-17(2,15)16)10-3-5-12(13)6-4-10/h3-6,11,14H,7-9H2,1-2H3. The van der Waals surface area contributed by atoms with Crippen LogP contribution in [0.4, 0.5) is 4.39 Å². The first-order valence-corrected chi connectivity index (χ1v) is 7.56. The van der Waals surface area contributed by atoms with E-state index in [0.29, 0.717) is 13.0 Å². The zero-order valence-corrected chi connectivity index (χ0v) is 10.9. The van der Waals surface area contributed by atoms with E-state index in [1.54, 1.807) is 12.1 Å². The minimum absolute atomic E-state index is 0.0929. The number of sulfone groups is 1. The lowest BCUT2D eigenvalue weighted by Crippen LogP contribution is -2.20. The molecule has 0 heterocycles. The highest BCUT2D eigenvalue weighted by Crippen LogP contribution is 2.20. The zero-order chi connectivity index (χ0) is 12.9. The van der Waals surface area contributed by atoms with Gasteiger partial charge in [0.25, 0.3) is 0 Å². The number of hydrogen-bond donors (Lipinski definition) is 1. The number of hydrogen-bond acceptors (Lipinski definition) is 3. The van der Waals surface area contributed by atoms with Crippen LogP contribution in [0.15, 0.2) is 24.3 Å². The van der Waals surface area contributed by atoms with Crippen molar-refractivity contribution < 1.29 is 12.8 Å². The van der Waals surface area contributed by atoms with Crippen molar-refractivity contribution in [3.8, 4) is 0 Å². The second-order valence-corrected chi connectivity index (χ2v) is 6.48. The Hall–Kier alpha value is -0.940. The Labute approximate surface area is 102 Å². The van der Waals surface area contributed by atoms with E-state index in [-0.39, 0.29) is 17.5 Å². The van der Waals surface area contributed by atoms with Crippen LogP contribution in [0.1, 0.15) is 17.9 Å². The summed E-state index contributed by atoms with van der Waals surface area (Å²) in [6.07, 6.45) is 1.78. The summed E-state index contributed by atoms with van der Waals surface area (Å²) in [7, 11) is -1.14. The van der Waals surface area contributed by atoms with Crippen LogP contribution in [0.25, 0.3) is 0 Å². The molecule has 0 saturated heterocycles. The molecule has 1 atom stereocenters. The topological polar surface area (TPSA) is 46.2 Å². The molecule has 0 aromatic heterocycles. The number of benzene rings is 1. The molecule has 17 heavy (non-hydrogen) atoms. The maximum absolute atomic E-state index is 12.8. The van der Waals surface area contributed by atoms with Gasteiger partial charge in [-0.25, -0.2) is 12.8 Å². The molecular weight excluding hydrogens is 241 g/mol. The molecule has 3 nitrogen and oxygen atoms in total. The summed E-state index contributed by atoms with van der Waals surface area (Å²) < 4.78 is 35.1. The summed E-state index contributed by atoms with van der Waals surface area (Å²) in [4.78, 5) is 0. The van der Waals surface area contributed by atoms with E-state index in [4.69, 9.17) is 0 Å². The zero-order valence-electron chi connectivity index (χ0n) is 10.1. The van der Waals surface area contributed by atoms with E-state index in [9.17, 15) is 12.8 Å². The molecule has 0 bridgehead atoms. The smallest absolute Gasteiger partial charge is 0.147 e. The number of nitrogens with one attached hydrogen (secondary N) is 1. The van der Waals surface area contributed by atoms with Crippen molar-refractivity contribution in [3.05, 3.63) is 35.6 Å². The number of likely N-dealkylation sites (N-methyl/N-ethyl adjacent to an activating group) is 1. The van der Waals surface area contributed by atoms with Crippen LogP contribution in [-0.2, 0) is 9.84 Å². The van der Waals surface area contributed by atoms with E-state index in [2.05, 4.69) is 5.32 Å². The molecule has 0 radical (unpaired) electrons. The van der Waals surface area contributed by atoms with Crippen molar-refractivity contribution in [1.82, 2.24) is 5.32 Å². The molecule has 1 unspecified atom stereocenters. The van der Waals surface area contributed by atoms with Crippen molar-refractivity contribution >= 4 is 9.84 Å². The van der Waals surface area contributed by atoms with Gasteiger partial charge in [-0.1, -0.05) is 12.1 Å². The Morgan fingerprint density at radius 3 is 2.35 bits per heavy atom. The van der Waals surface area contributed by atoms with Gasteiger partial charge in [0.05, 0.1) is 5.75 Å². The Morgan fingerprint density at radius 1 is 1.29 bits per heavy atom. The number of rotatable bonds is 6. The van der Waals surface area contributed by atoms with E-state index in [1.807, 2.05) is 7.05 Å². The molecule has 1 aromatic rings. The summed E-state index contributed by atoms with van der Waals surface area (Å²) in [5.41, 5.74) is 0.962. The third-order valence-electron chi connectivity index (χ3n) is 2.63. The van der Waals surface area contributed by atoms with Crippen molar-refractivity contribution in [2.24, 2.45) is 0 Å². The first-order valence-electron chi connectivity index (χ1n) is 5.50. The van der Waals surface area contributed by atoms with Gasteiger partial charge >= 0.3 is 0 Å². The lowest BCUT2D eigenvalue weighted by molar-refractivity contribution is 0.576. The van der Waals surface area contributed by atoms with Crippen LogP contribution in [0, 0.1) is 5.82 Å². The highest BCUT2D eigenvalue weighted by Gasteiger charge is 2.13. The molecule has 5 heteroatoms. The molecule has 0 aliphatic rings. The summed E-state index contributed by atoms with van der Waals surface area (Å²) in [6.45, 7) is 0.682. The first kappa shape index (κ1) is 14.1. The molecule has 96 valence electrons. The van der Waals surface area contributed by atoms with E-state index in [0.717, 1.165) is 5.56 Å². The molecule has 1 N–H and O–H groups in total.